The zero-order valence-electron chi connectivity index (χ0n) is 16.2. The van der Waals surface area contributed by atoms with Crippen LogP contribution in [0.4, 0.5) is 0 Å². The molecule has 0 fully saturated rings. The molecule has 3 rings (SSSR count). The summed E-state index contributed by atoms with van der Waals surface area (Å²) in [6, 6.07) is 17.5. The fourth-order valence-electron chi connectivity index (χ4n) is 3.09. The molecule has 6 nitrogen and oxygen atoms in total. The van der Waals surface area contributed by atoms with Crippen LogP contribution in [-0.4, -0.2) is 48.6 Å². The lowest BCUT2D eigenvalue weighted by Gasteiger charge is -2.24. The molecule has 1 atom stereocenters. The number of benzene rings is 2. The van der Waals surface area contributed by atoms with Gasteiger partial charge in [0.15, 0.2) is 11.6 Å². The molecule has 1 amide bonds. The van der Waals surface area contributed by atoms with Crippen molar-refractivity contribution in [2.75, 3.05) is 21.2 Å². The summed E-state index contributed by atoms with van der Waals surface area (Å²) in [7, 11) is 5.22. The molecule has 0 saturated carbocycles. The minimum Gasteiger partial charge on any atom is -0.497 e. The molecule has 142 valence electrons. The summed E-state index contributed by atoms with van der Waals surface area (Å²) in [5.41, 5.74) is 1.03. The van der Waals surface area contributed by atoms with Crippen LogP contribution < -0.4 is 4.74 Å². The van der Waals surface area contributed by atoms with Crippen molar-refractivity contribution >= 4 is 11.7 Å². The van der Waals surface area contributed by atoms with Crippen LogP contribution in [0.2, 0.25) is 0 Å². The SMILES string of the molecule is COc1cccc(C2=NC(C)(CC(=O)N(C)Cc3ccccc3)ON2C)c1. The van der Waals surface area contributed by atoms with E-state index < -0.39 is 5.72 Å². The van der Waals surface area contributed by atoms with E-state index in [1.54, 1.807) is 31.2 Å². The van der Waals surface area contributed by atoms with Gasteiger partial charge in [-0.05, 0) is 24.6 Å². The quantitative estimate of drug-likeness (QED) is 0.787. The average molecular weight is 367 g/mol. The fourth-order valence-corrected chi connectivity index (χ4v) is 3.09. The number of amidine groups is 1. The van der Waals surface area contributed by atoms with Crippen molar-refractivity contribution in [3.63, 3.8) is 0 Å². The molecule has 0 aromatic heterocycles. The van der Waals surface area contributed by atoms with Crippen LogP contribution in [0.3, 0.4) is 0 Å². The topological polar surface area (TPSA) is 54.4 Å². The Morgan fingerprint density at radius 3 is 2.67 bits per heavy atom. The predicted molar refractivity (Wildman–Crippen MR) is 104 cm³/mol. The van der Waals surface area contributed by atoms with Gasteiger partial charge in [-0.15, -0.1) is 0 Å². The summed E-state index contributed by atoms with van der Waals surface area (Å²) in [5.74, 6) is 1.40. The van der Waals surface area contributed by atoms with E-state index in [0.717, 1.165) is 16.9 Å². The third-order valence-corrected chi connectivity index (χ3v) is 4.47. The van der Waals surface area contributed by atoms with Crippen LogP contribution in [0.5, 0.6) is 5.75 Å². The van der Waals surface area contributed by atoms with Crippen LogP contribution in [0.15, 0.2) is 59.6 Å². The molecule has 0 spiro atoms. The van der Waals surface area contributed by atoms with Gasteiger partial charge in [0.2, 0.25) is 5.91 Å². The zero-order valence-corrected chi connectivity index (χ0v) is 16.2. The molecule has 0 aliphatic carbocycles. The summed E-state index contributed by atoms with van der Waals surface area (Å²) in [6.07, 6.45) is 0.161. The van der Waals surface area contributed by atoms with Gasteiger partial charge >= 0.3 is 0 Å². The summed E-state index contributed by atoms with van der Waals surface area (Å²) < 4.78 is 5.28. The second-order valence-corrected chi connectivity index (χ2v) is 6.84. The van der Waals surface area contributed by atoms with Crippen LogP contribution in [0, 0.1) is 0 Å². The highest BCUT2D eigenvalue weighted by atomic mass is 16.7. The molecule has 0 radical (unpaired) electrons. The number of hydrogen-bond acceptors (Lipinski definition) is 5. The lowest BCUT2D eigenvalue weighted by Crippen LogP contribution is -2.36. The second-order valence-electron chi connectivity index (χ2n) is 6.84. The Hall–Kier alpha value is -2.86. The second kappa shape index (κ2) is 7.80. The Bertz CT molecular complexity index is 838. The molecule has 0 bridgehead atoms. The van der Waals surface area contributed by atoms with Gasteiger partial charge in [0.05, 0.1) is 13.5 Å². The summed E-state index contributed by atoms with van der Waals surface area (Å²) in [6.45, 7) is 2.38. The number of methoxy groups -OCH3 is 1. The fraction of sp³-hybridized carbons (Fsp3) is 0.333. The number of carbonyl (C=O) groups is 1. The third kappa shape index (κ3) is 4.46. The number of aliphatic imine (C=N–C) groups is 1. The van der Waals surface area contributed by atoms with Crippen molar-refractivity contribution in [2.45, 2.75) is 25.6 Å². The first kappa shape index (κ1) is 18.9. The van der Waals surface area contributed by atoms with E-state index in [-0.39, 0.29) is 12.3 Å². The Morgan fingerprint density at radius 1 is 1.22 bits per heavy atom. The molecule has 2 aromatic rings. The standard InChI is InChI=1S/C21H25N3O3/c1-21(14-19(25)23(2)15-16-9-6-5-7-10-16)22-20(24(3)27-21)17-11-8-12-18(13-17)26-4/h5-13H,14-15H2,1-4H3. The molecule has 1 unspecified atom stereocenters. The average Bonchev–Trinajstić information content (AvgIpc) is 2.96. The Kier molecular flexibility index (Phi) is 5.46. The minimum atomic E-state index is -0.935. The molecular weight excluding hydrogens is 342 g/mol. The number of rotatable bonds is 6. The van der Waals surface area contributed by atoms with Crippen molar-refractivity contribution in [3.8, 4) is 5.75 Å². The van der Waals surface area contributed by atoms with Crippen LogP contribution >= 0.6 is 0 Å². The molecule has 27 heavy (non-hydrogen) atoms. The van der Waals surface area contributed by atoms with Gasteiger partial charge in [-0.3, -0.25) is 4.79 Å². The molecule has 0 saturated heterocycles. The van der Waals surface area contributed by atoms with E-state index in [4.69, 9.17) is 14.6 Å². The molecular formula is C21H25N3O3. The number of ether oxygens (including phenoxy) is 1. The van der Waals surface area contributed by atoms with Gasteiger partial charge in [0, 0.05) is 26.2 Å². The smallest absolute Gasteiger partial charge is 0.227 e. The van der Waals surface area contributed by atoms with E-state index in [1.807, 2.05) is 61.5 Å². The molecule has 1 aliphatic rings. The van der Waals surface area contributed by atoms with Crippen LogP contribution in [0.1, 0.15) is 24.5 Å². The first-order chi connectivity index (χ1) is 12.9. The van der Waals surface area contributed by atoms with E-state index in [2.05, 4.69) is 0 Å². The largest absolute Gasteiger partial charge is 0.497 e. The van der Waals surface area contributed by atoms with E-state index >= 15 is 0 Å². The van der Waals surface area contributed by atoms with Crippen molar-refractivity contribution in [1.82, 2.24) is 9.96 Å². The highest BCUT2D eigenvalue weighted by molar-refractivity contribution is 5.99. The number of nitrogens with zero attached hydrogens (tertiary/aromatic N) is 3. The van der Waals surface area contributed by atoms with Gasteiger partial charge in [-0.2, -0.15) is 0 Å². The maximum atomic E-state index is 12.7. The molecule has 2 aromatic carbocycles. The van der Waals surface area contributed by atoms with Crippen molar-refractivity contribution in [3.05, 3.63) is 65.7 Å². The lowest BCUT2D eigenvalue weighted by molar-refractivity contribution is -0.170. The van der Waals surface area contributed by atoms with Crippen LogP contribution in [-0.2, 0) is 16.2 Å². The van der Waals surface area contributed by atoms with Crippen LogP contribution in [0.25, 0.3) is 0 Å². The van der Waals surface area contributed by atoms with Crippen molar-refractivity contribution in [2.24, 2.45) is 4.99 Å². The zero-order chi connectivity index (χ0) is 19.4. The van der Waals surface area contributed by atoms with Gasteiger partial charge in [-0.1, -0.05) is 42.5 Å². The third-order valence-electron chi connectivity index (χ3n) is 4.47. The first-order valence-electron chi connectivity index (χ1n) is 8.85. The predicted octanol–water partition coefficient (Wildman–Crippen LogP) is 3.08. The van der Waals surface area contributed by atoms with E-state index in [0.29, 0.717) is 12.4 Å². The number of hydrogen-bond donors (Lipinski definition) is 0. The van der Waals surface area contributed by atoms with Gasteiger partial charge in [0.25, 0.3) is 0 Å². The Balaban J connectivity index is 1.72. The Labute approximate surface area is 160 Å². The maximum absolute atomic E-state index is 12.7. The monoisotopic (exact) mass is 367 g/mol. The van der Waals surface area contributed by atoms with E-state index in [9.17, 15) is 4.79 Å². The minimum absolute atomic E-state index is 0.0228. The number of carbonyl (C=O) groups excluding carboxylic acids is 1. The van der Waals surface area contributed by atoms with Crippen molar-refractivity contribution < 1.29 is 14.4 Å². The Morgan fingerprint density at radius 2 is 1.96 bits per heavy atom. The maximum Gasteiger partial charge on any atom is 0.227 e. The highest BCUT2D eigenvalue weighted by Crippen LogP contribution is 2.29. The first-order valence-corrected chi connectivity index (χ1v) is 8.85. The highest BCUT2D eigenvalue weighted by Gasteiger charge is 2.38. The molecule has 0 N–H and O–H groups in total. The van der Waals surface area contributed by atoms with Crippen molar-refractivity contribution in [1.29, 1.82) is 0 Å². The summed E-state index contributed by atoms with van der Waals surface area (Å²) >= 11 is 0. The van der Waals surface area contributed by atoms with Gasteiger partial charge in [0.1, 0.15) is 5.75 Å². The lowest BCUT2D eigenvalue weighted by atomic mass is 10.1. The van der Waals surface area contributed by atoms with Gasteiger partial charge < -0.3 is 9.64 Å². The summed E-state index contributed by atoms with van der Waals surface area (Å²) in [4.78, 5) is 25.0. The molecule has 1 aliphatic heterocycles. The number of amides is 1. The molecule has 6 heteroatoms. The number of hydroxylamine groups is 2. The normalized spacial score (nSPS) is 19.0. The van der Waals surface area contributed by atoms with Gasteiger partial charge in [-0.25, -0.2) is 14.9 Å². The summed E-state index contributed by atoms with van der Waals surface area (Å²) in [5, 5.41) is 1.61. The molecule has 1 heterocycles. The van der Waals surface area contributed by atoms with E-state index in [1.165, 1.54) is 0 Å².